The summed E-state index contributed by atoms with van der Waals surface area (Å²) in [5.41, 5.74) is 1.39. The first-order valence-electron chi connectivity index (χ1n) is 4.68. The Labute approximate surface area is 70.9 Å². The summed E-state index contributed by atoms with van der Waals surface area (Å²) < 4.78 is 0. The van der Waals surface area contributed by atoms with Crippen LogP contribution in [0.15, 0.2) is 12.2 Å². The van der Waals surface area contributed by atoms with E-state index in [-0.39, 0.29) is 0 Å². The molecule has 1 N–H and O–H groups in total. The second-order valence-corrected chi connectivity index (χ2v) is 3.00. The topological polar surface area (TPSA) is 12.0 Å². The molecule has 0 amide bonds. The van der Waals surface area contributed by atoms with Gasteiger partial charge in [-0.25, -0.2) is 0 Å². The Morgan fingerprint density at radius 1 is 1.09 bits per heavy atom. The lowest BCUT2D eigenvalue weighted by molar-refractivity contribution is 0.658. The normalized spacial score (nSPS) is 10.0. The lowest BCUT2D eigenvalue weighted by atomic mass is 10.1. The predicted molar refractivity (Wildman–Crippen MR) is 51.8 cm³/mol. The van der Waals surface area contributed by atoms with E-state index in [0.717, 1.165) is 19.5 Å². The Hall–Kier alpha value is -0.300. The molecule has 0 unspecified atom stereocenters. The molecule has 0 radical (unpaired) electrons. The molecule has 0 fully saturated rings. The van der Waals surface area contributed by atoms with Crippen LogP contribution < -0.4 is 5.32 Å². The van der Waals surface area contributed by atoms with Crippen molar-refractivity contribution >= 4 is 0 Å². The summed E-state index contributed by atoms with van der Waals surface area (Å²) in [6.45, 7) is 10.6. The first-order chi connectivity index (χ1) is 5.31. The molecular formula is C10H21N. The average molecular weight is 155 g/mol. The Morgan fingerprint density at radius 3 is 2.36 bits per heavy atom. The Balaban J connectivity index is 3.04. The van der Waals surface area contributed by atoms with Crippen LogP contribution in [-0.4, -0.2) is 13.1 Å². The van der Waals surface area contributed by atoms with Crippen LogP contribution in [0.4, 0.5) is 0 Å². The number of hydrogen-bond donors (Lipinski definition) is 1. The van der Waals surface area contributed by atoms with E-state index < -0.39 is 0 Å². The minimum Gasteiger partial charge on any atom is -0.316 e. The smallest absolute Gasteiger partial charge is 0.00117 e. The standard InChI is InChI=1S/C10H21N/c1-4-6-10(3)7-9-11-8-5-2/h11H,3-9H2,1-2H3. The molecule has 0 rings (SSSR count). The van der Waals surface area contributed by atoms with Gasteiger partial charge in [0.1, 0.15) is 0 Å². The molecule has 0 saturated heterocycles. The van der Waals surface area contributed by atoms with E-state index in [0.29, 0.717) is 0 Å². The van der Waals surface area contributed by atoms with Gasteiger partial charge in [-0.2, -0.15) is 0 Å². The van der Waals surface area contributed by atoms with Crippen molar-refractivity contribution in [3.63, 3.8) is 0 Å². The van der Waals surface area contributed by atoms with Crippen molar-refractivity contribution in [3.05, 3.63) is 12.2 Å². The molecule has 11 heavy (non-hydrogen) atoms. The maximum absolute atomic E-state index is 4.00. The molecule has 0 spiro atoms. The Bertz CT molecular complexity index is 97.0. The summed E-state index contributed by atoms with van der Waals surface area (Å²) in [6, 6.07) is 0. The number of nitrogens with one attached hydrogen (secondary N) is 1. The molecule has 1 heteroatoms. The molecule has 0 aromatic carbocycles. The lowest BCUT2D eigenvalue weighted by Gasteiger charge is -2.04. The third-order valence-electron chi connectivity index (χ3n) is 1.69. The number of rotatable bonds is 7. The van der Waals surface area contributed by atoms with E-state index in [4.69, 9.17) is 0 Å². The molecule has 0 saturated carbocycles. The van der Waals surface area contributed by atoms with Gasteiger partial charge in [-0.3, -0.25) is 0 Å². The molecule has 0 aliphatic heterocycles. The van der Waals surface area contributed by atoms with Gasteiger partial charge in [0.05, 0.1) is 0 Å². The fourth-order valence-corrected chi connectivity index (χ4v) is 1.05. The molecule has 0 aromatic heterocycles. The molecule has 0 heterocycles. The molecule has 0 bridgehead atoms. The molecule has 1 nitrogen and oxygen atoms in total. The summed E-state index contributed by atoms with van der Waals surface area (Å²) in [7, 11) is 0. The molecule has 0 aliphatic carbocycles. The quantitative estimate of drug-likeness (QED) is 0.440. The predicted octanol–water partition coefficient (Wildman–Crippen LogP) is 2.73. The Morgan fingerprint density at radius 2 is 1.82 bits per heavy atom. The summed E-state index contributed by atoms with van der Waals surface area (Å²) in [4.78, 5) is 0. The van der Waals surface area contributed by atoms with Gasteiger partial charge in [-0.1, -0.05) is 32.4 Å². The van der Waals surface area contributed by atoms with Crippen LogP contribution in [0.5, 0.6) is 0 Å². The van der Waals surface area contributed by atoms with Gasteiger partial charge in [0.2, 0.25) is 0 Å². The fraction of sp³-hybridized carbons (Fsp3) is 0.800. The summed E-state index contributed by atoms with van der Waals surface area (Å²) in [6.07, 6.45) is 4.79. The van der Waals surface area contributed by atoms with Crippen LogP contribution in [0, 0.1) is 0 Å². The van der Waals surface area contributed by atoms with E-state index in [9.17, 15) is 0 Å². The zero-order valence-corrected chi connectivity index (χ0v) is 7.95. The molecule has 0 aromatic rings. The first-order valence-corrected chi connectivity index (χ1v) is 4.68. The van der Waals surface area contributed by atoms with E-state index in [1.54, 1.807) is 0 Å². The van der Waals surface area contributed by atoms with E-state index in [1.807, 2.05) is 0 Å². The first kappa shape index (κ1) is 10.7. The van der Waals surface area contributed by atoms with Gasteiger partial charge in [0.15, 0.2) is 0 Å². The minimum atomic E-state index is 1.10. The SMILES string of the molecule is C=C(CCC)CCNCCC. The van der Waals surface area contributed by atoms with Gasteiger partial charge < -0.3 is 5.32 Å². The van der Waals surface area contributed by atoms with Crippen molar-refractivity contribution in [2.75, 3.05) is 13.1 Å². The van der Waals surface area contributed by atoms with Crippen molar-refractivity contribution in [2.24, 2.45) is 0 Å². The summed E-state index contributed by atoms with van der Waals surface area (Å²) in [5, 5.41) is 3.36. The van der Waals surface area contributed by atoms with E-state index in [2.05, 4.69) is 25.7 Å². The minimum absolute atomic E-state index is 1.10. The van der Waals surface area contributed by atoms with Crippen LogP contribution in [0.25, 0.3) is 0 Å². The van der Waals surface area contributed by atoms with Crippen molar-refractivity contribution in [2.45, 2.75) is 39.5 Å². The second kappa shape index (κ2) is 7.80. The van der Waals surface area contributed by atoms with Crippen molar-refractivity contribution in [1.82, 2.24) is 5.32 Å². The van der Waals surface area contributed by atoms with Gasteiger partial charge in [0, 0.05) is 0 Å². The highest BCUT2D eigenvalue weighted by Crippen LogP contribution is 2.04. The van der Waals surface area contributed by atoms with Crippen LogP contribution in [-0.2, 0) is 0 Å². The van der Waals surface area contributed by atoms with Crippen LogP contribution >= 0.6 is 0 Å². The highest BCUT2D eigenvalue weighted by atomic mass is 14.8. The largest absolute Gasteiger partial charge is 0.316 e. The highest BCUT2D eigenvalue weighted by Gasteiger charge is 1.91. The zero-order chi connectivity index (χ0) is 8.53. The molecule has 0 aliphatic rings. The van der Waals surface area contributed by atoms with Crippen molar-refractivity contribution < 1.29 is 0 Å². The summed E-state index contributed by atoms with van der Waals surface area (Å²) >= 11 is 0. The average Bonchev–Trinajstić information content (AvgIpc) is 1.99. The second-order valence-electron chi connectivity index (χ2n) is 3.00. The monoisotopic (exact) mass is 155 g/mol. The summed E-state index contributed by atoms with van der Waals surface area (Å²) in [5.74, 6) is 0. The van der Waals surface area contributed by atoms with Gasteiger partial charge in [-0.15, -0.1) is 0 Å². The maximum Gasteiger partial charge on any atom is -0.00117 e. The maximum atomic E-state index is 4.00. The third kappa shape index (κ3) is 7.60. The highest BCUT2D eigenvalue weighted by molar-refractivity contribution is 4.93. The zero-order valence-electron chi connectivity index (χ0n) is 7.95. The molecule has 66 valence electrons. The van der Waals surface area contributed by atoms with Crippen LogP contribution in [0.3, 0.4) is 0 Å². The number of hydrogen-bond acceptors (Lipinski definition) is 1. The van der Waals surface area contributed by atoms with Gasteiger partial charge in [-0.05, 0) is 32.4 Å². The Kier molecular flexibility index (Phi) is 7.59. The van der Waals surface area contributed by atoms with Crippen LogP contribution in [0.1, 0.15) is 39.5 Å². The molecule has 0 atom stereocenters. The third-order valence-corrected chi connectivity index (χ3v) is 1.69. The van der Waals surface area contributed by atoms with Crippen molar-refractivity contribution in [1.29, 1.82) is 0 Å². The van der Waals surface area contributed by atoms with E-state index in [1.165, 1.54) is 24.8 Å². The van der Waals surface area contributed by atoms with E-state index >= 15 is 0 Å². The van der Waals surface area contributed by atoms with Gasteiger partial charge in [0.25, 0.3) is 0 Å². The lowest BCUT2D eigenvalue weighted by Crippen LogP contribution is -2.16. The molecular weight excluding hydrogens is 134 g/mol. The fourth-order valence-electron chi connectivity index (χ4n) is 1.05. The van der Waals surface area contributed by atoms with Gasteiger partial charge >= 0.3 is 0 Å². The van der Waals surface area contributed by atoms with Crippen molar-refractivity contribution in [3.8, 4) is 0 Å². The van der Waals surface area contributed by atoms with Crippen LogP contribution in [0.2, 0.25) is 0 Å².